The first-order valence-electron chi connectivity index (χ1n) is 12.2. The second kappa shape index (κ2) is 12.4. The van der Waals surface area contributed by atoms with E-state index in [0.717, 1.165) is 29.7 Å². The van der Waals surface area contributed by atoms with Crippen LogP contribution in [0.15, 0.2) is 57.3 Å². The van der Waals surface area contributed by atoms with E-state index in [2.05, 4.69) is 10.2 Å². The van der Waals surface area contributed by atoms with Crippen LogP contribution >= 0.6 is 0 Å². The van der Waals surface area contributed by atoms with Crippen molar-refractivity contribution < 1.29 is 23.8 Å². The summed E-state index contributed by atoms with van der Waals surface area (Å²) in [7, 11) is 4.01. The Balaban J connectivity index is 1.83. The summed E-state index contributed by atoms with van der Waals surface area (Å²) < 4.78 is 11.4. The van der Waals surface area contributed by atoms with Gasteiger partial charge in [0, 0.05) is 23.1 Å². The number of amides is 1. The van der Waals surface area contributed by atoms with E-state index in [0.29, 0.717) is 40.9 Å². The second-order valence-electron chi connectivity index (χ2n) is 9.55. The monoisotopic (exact) mass is 506 g/mol. The van der Waals surface area contributed by atoms with Gasteiger partial charge in [0.15, 0.2) is 0 Å². The van der Waals surface area contributed by atoms with Crippen molar-refractivity contribution in [1.82, 2.24) is 4.90 Å². The number of ether oxygens (including phenoxy) is 1. The van der Waals surface area contributed by atoms with Gasteiger partial charge < -0.3 is 24.5 Å². The molecule has 0 unspecified atom stereocenters. The number of benzene rings is 2. The molecule has 2 N–H and O–H groups in total. The number of aryl methyl sites for hydroxylation is 1. The fraction of sp³-hybridized carbons (Fsp3) is 0.345. The van der Waals surface area contributed by atoms with Gasteiger partial charge in [0.25, 0.3) is 5.91 Å². The standard InChI is InChI=1S/C29H34N2O6/c1-18(2)7-8-20-15-23(10-9-21(20)17-26(32)33)28(34)30-24-16-22-11-12-25(36-14-6-13-31(4)5)19(3)27(22)37-29(24)35/h7,9-12,15-16H,6,8,13-14,17H2,1-5H3,(H,30,34)(H,32,33). The summed E-state index contributed by atoms with van der Waals surface area (Å²) in [6.45, 7) is 7.19. The number of carboxylic acids is 1. The van der Waals surface area contributed by atoms with Gasteiger partial charge in [-0.15, -0.1) is 0 Å². The number of hydrogen-bond donors (Lipinski definition) is 2. The van der Waals surface area contributed by atoms with Gasteiger partial charge in [0.1, 0.15) is 17.0 Å². The fourth-order valence-corrected chi connectivity index (χ4v) is 3.91. The van der Waals surface area contributed by atoms with E-state index in [9.17, 15) is 19.5 Å². The molecule has 1 heterocycles. The fourth-order valence-electron chi connectivity index (χ4n) is 3.91. The Kier molecular flexibility index (Phi) is 9.25. The Morgan fingerprint density at radius 1 is 1.11 bits per heavy atom. The summed E-state index contributed by atoms with van der Waals surface area (Å²) in [5.41, 5.74) is 3.28. The molecular formula is C29H34N2O6. The maximum atomic E-state index is 13.0. The number of nitrogens with one attached hydrogen (secondary N) is 1. The highest BCUT2D eigenvalue weighted by Crippen LogP contribution is 2.28. The molecule has 0 aliphatic carbocycles. The lowest BCUT2D eigenvalue weighted by Crippen LogP contribution is -2.18. The highest BCUT2D eigenvalue weighted by atomic mass is 16.5. The van der Waals surface area contributed by atoms with Crippen molar-refractivity contribution in [2.75, 3.05) is 32.6 Å². The smallest absolute Gasteiger partial charge is 0.360 e. The van der Waals surface area contributed by atoms with Crippen molar-refractivity contribution in [2.45, 2.75) is 40.0 Å². The number of anilines is 1. The van der Waals surface area contributed by atoms with E-state index in [1.165, 1.54) is 0 Å². The predicted octanol–water partition coefficient (Wildman–Crippen LogP) is 4.82. The summed E-state index contributed by atoms with van der Waals surface area (Å²) in [6, 6.07) is 10.1. The summed E-state index contributed by atoms with van der Waals surface area (Å²) in [6.07, 6.45) is 3.21. The molecule has 8 nitrogen and oxygen atoms in total. The average Bonchev–Trinajstić information content (AvgIpc) is 2.82. The van der Waals surface area contributed by atoms with Crippen molar-refractivity contribution in [2.24, 2.45) is 0 Å². The third-order valence-electron chi connectivity index (χ3n) is 5.90. The number of hydrogen-bond acceptors (Lipinski definition) is 6. The highest BCUT2D eigenvalue weighted by molar-refractivity contribution is 6.05. The second-order valence-corrected chi connectivity index (χ2v) is 9.55. The number of fused-ring (bicyclic) bond motifs is 1. The van der Waals surface area contributed by atoms with Gasteiger partial charge in [-0.2, -0.15) is 0 Å². The van der Waals surface area contributed by atoms with E-state index in [1.807, 2.05) is 47.0 Å². The van der Waals surface area contributed by atoms with Crippen LogP contribution in [0.25, 0.3) is 11.0 Å². The number of aliphatic carboxylic acids is 1. The molecule has 2 aromatic carbocycles. The predicted molar refractivity (Wildman–Crippen MR) is 145 cm³/mol. The van der Waals surface area contributed by atoms with Crippen molar-refractivity contribution in [3.8, 4) is 5.75 Å². The Morgan fingerprint density at radius 3 is 2.54 bits per heavy atom. The van der Waals surface area contributed by atoms with Crippen molar-refractivity contribution >= 4 is 28.5 Å². The molecule has 0 aliphatic heterocycles. The van der Waals surface area contributed by atoms with E-state index >= 15 is 0 Å². The van der Waals surface area contributed by atoms with Crippen molar-refractivity contribution in [3.05, 3.63) is 80.7 Å². The largest absolute Gasteiger partial charge is 0.493 e. The van der Waals surface area contributed by atoms with E-state index in [4.69, 9.17) is 9.15 Å². The van der Waals surface area contributed by atoms with Crippen LogP contribution < -0.4 is 15.7 Å². The number of carbonyl (C=O) groups excluding carboxylic acids is 1. The molecule has 1 aromatic heterocycles. The van der Waals surface area contributed by atoms with Gasteiger partial charge in [-0.1, -0.05) is 17.7 Å². The highest BCUT2D eigenvalue weighted by Gasteiger charge is 2.16. The molecule has 1 amide bonds. The molecule has 0 fully saturated rings. The van der Waals surface area contributed by atoms with Crippen molar-refractivity contribution in [1.29, 1.82) is 0 Å². The molecule has 0 radical (unpaired) electrons. The Hall–Kier alpha value is -3.91. The molecule has 0 atom stereocenters. The first-order chi connectivity index (χ1) is 17.5. The van der Waals surface area contributed by atoms with Crippen LogP contribution in [-0.2, 0) is 17.6 Å². The summed E-state index contributed by atoms with van der Waals surface area (Å²) in [4.78, 5) is 39.0. The van der Waals surface area contributed by atoms with E-state index in [-0.39, 0.29) is 12.1 Å². The Labute approximate surface area is 216 Å². The molecule has 196 valence electrons. The molecule has 0 saturated carbocycles. The molecule has 0 aliphatic rings. The Bertz CT molecular complexity index is 1380. The third kappa shape index (κ3) is 7.54. The maximum absolute atomic E-state index is 13.0. The molecule has 3 rings (SSSR count). The van der Waals surface area contributed by atoms with Gasteiger partial charge in [-0.3, -0.25) is 9.59 Å². The zero-order valence-electron chi connectivity index (χ0n) is 22.0. The van der Waals surface area contributed by atoms with Crippen LogP contribution in [0.3, 0.4) is 0 Å². The van der Waals surface area contributed by atoms with Gasteiger partial charge in [-0.05, 0) is 89.2 Å². The zero-order chi connectivity index (χ0) is 27.1. The third-order valence-corrected chi connectivity index (χ3v) is 5.90. The zero-order valence-corrected chi connectivity index (χ0v) is 22.0. The van der Waals surface area contributed by atoms with Crippen LogP contribution in [0.2, 0.25) is 0 Å². The van der Waals surface area contributed by atoms with Crippen LogP contribution in [0.1, 0.15) is 47.3 Å². The summed E-state index contributed by atoms with van der Waals surface area (Å²) >= 11 is 0. The molecular weight excluding hydrogens is 472 g/mol. The van der Waals surface area contributed by atoms with Crippen molar-refractivity contribution in [3.63, 3.8) is 0 Å². The minimum Gasteiger partial charge on any atom is -0.493 e. The minimum atomic E-state index is -0.943. The normalized spacial score (nSPS) is 11.0. The Morgan fingerprint density at radius 2 is 1.86 bits per heavy atom. The quantitative estimate of drug-likeness (QED) is 0.218. The molecule has 37 heavy (non-hydrogen) atoms. The van der Waals surface area contributed by atoms with Gasteiger partial charge in [0.2, 0.25) is 0 Å². The van der Waals surface area contributed by atoms with E-state index < -0.39 is 17.5 Å². The van der Waals surface area contributed by atoms with Crippen LogP contribution in [-0.4, -0.2) is 49.1 Å². The van der Waals surface area contributed by atoms with Gasteiger partial charge in [-0.25, -0.2) is 4.79 Å². The number of carbonyl (C=O) groups is 2. The maximum Gasteiger partial charge on any atom is 0.360 e. The van der Waals surface area contributed by atoms with E-state index in [1.54, 1.807) is 30.3 Å². The van der Waals surface area contributed by atoms with Crippen LogP contribution in [0.4, 0.5) is 5.69 Å². The van der Waals surface area contributed by atoms with Gasteiger partial charge in [0.05, 0.1) is 13.0 Å². The first kappa shape index (κ1) is 27.7. The minimum absolute atomic E-state index is 0.0250. The molecule has 3 aromatic rings. The average molecular weight is 507 g/mol. The lowest BCUT2D eigenvalue weighted by molar-refractivity contribution is -0.136. The summed E-state index contributed by atoms with van der Waals surface area (Å²) in [5.74, 6) is -0.775. The first-order valence-corrected chi connectivity index (χ1v) is 12.2. The van der Waals surface area contributed by atoms with Crippen LogP contribution in [0, 0.1) is 6.92 Å². The SMILES string of the molecule is CC(C)=CCc1cc(C(=O)Nc2cc3ccc(OCCCN(C)C)c(C)c3oc2=O)ccc1CC(=O)O. The number of nitrogens with zero attached hydrogens (tertiary/aromatic N) is 1. The summed E-state index contributed by atoms with van der Waals surface area (Å²) in [5, 5.41) is 12.5. The lowest BCUT2D eigenvalue weighted by atomic mass is 9.98. The molecule has 0 spiro atoms. The molecule has 0 saturated heterocycles. The van der Waals surface area contributed by atoms with Crippen LogP contribution in [0.5, 0.6) is 5.75 Å². The molecule has 0 bridgehead atoms. The molecule has 8 heteroatoms. The lowest BCUT2D eigenvalue weighted by Gasteiger charge is -2.13. The van der Waals surface area contributed by atoms with Gasteiger partial charge >= 0.3 is 11.6 Å². The number of allylic oxidation sites excluding steroid dienone is 2. The number of carboxylic acid groups (broad SMARTS) is 1. The topological polar surface area (TPSA) is 109 Å². The number of rotatable bonds is 11.